The van der Waals surface area contributed by atoms with Gasteiger partial charge in [-0.2, -0.15) is 0 Å². The number of hydrogen-bond donors (Lipinski definition) is 0. The molecule has 0 bridgehead atoms. The zero-order valence-corrected chi connectivity index (χ0v) is 14.5. The second-order valence-corrected chi connectivity index (χ2v) is 6.06. The number of rotatable bonds is 4. The molecule has 9 nitrogen and oxygen atoms in total. The van der Waals surface area contributed by atoms with Gasteiger partial charge in [0.15, 0.2) is 18.1 Å². The Bertz CT molecular complexity index is 837. The van der Waals surface area contributed by atoms with Gasteiger partial charge in [-0.15, -0.1) is 0 Å². The Morgan fingerprint density at radius 1 is 1.04 bits per heavy atom. The molecule has 0 spiro atoms. The van der Waals surface area contributed by atoms with E-state index >= 15 is 0 Å². The summed E-state index contributed by atoms with van der Waals surface area (Å²) in [5.41, 5.74) is 0.318. The fraction of sp³-hybridized carbons (Fsp3) is 0.333. The number of carbonyl (C=O) groups excluding carboxylic acids is 2. The van der Waals surface area contributed by atoms with Crippen molar-refractivity contribution in [2.75, 3.05) is 44.5 Å². The predicted octanol–water partition coefficient (Wildman–Crippen LogP) is 0.711. The van der Waals surface area contributed by atoms with Gasteiger partial charge in [0.25, 0.3) is 5.91 Å². The van der Waals surface area contributed by atoms with Crippen molar-refractivity contribution in [2.24, 2.45) is 0 Å². The molecule has 1 fully saturated rings. The molecule has 0 radical (unpaired) electrons. The van der Waals surface area contributed by atoms with Crippen molar-refractivity contribution in [1.82, 2.24) is 14.9 Å². The minimum Gasteiger partial charge on any atom is -0.454 e. The van der Waals surface area contributed by atoms with Gasteiger partial charge in [0.05, 0.1) is 5.56 Å². The first-order valence-corrected chi connectivity index (χ1v) is 8.57. The minimum atomic E-state index is -0.571. The summed E-state index contributed by atoms with van der Waals surface area (Å²) in [7, 11) is 0. The standard InChI is InChI=1S/C18H18N4O5/c23-16(21-6-8-22(9-7-21)18-19-4-1-5-20-18)11-25-17(24)13-2-3-14-15(10-13)27-12-26-14/h1-5,10H,6-9,11-12H2. The molecular weight excluding hydrogens is 352 g/mol. The molecule has 0 atom stereocenters. The van der Waals surface area contributed by atoms with Gasteiger partial charge in [-0.25, -0.2) is 14.8 Å². The average Bonchev–Trinajstić information content (AvgIpc) is 3.20. The zero-order chi connectivity index (χ0) is 18.6. The number of fused-ring (bicyclic) bond motifs is 1. The monoisotopic (exact) mass is 370 g/mol. The molecule has 0 aliphatic carbocycles. The number of benzene rings is 1. The summed E-state index contributed by atoms with van der Waals surface area (Å²) < 4.78 is 15.6. The van der Waals surface area contributed by atoms with Crippen LogP contribution in [0.2, 0.25) is 0 Å². The first-order chi connectivity index (χ1) is 13.2. The molecule has 1 aromatic heterocycles. The summed E-state index contributed by atoms with van der Waals surface area (Å²) in [6.45, 7) is 2.15. The van der Waals surface area contributed by atoms with Crippen LogP contribution in [-0.2, 0) is 9.53 Å². The third-order valence-electron chi connectivity index (χ3n) is 4.40. The molecule has 2 aliphatic rings. The lowest BCUT2D eigenvalue weighted by atomic mass is 10.2. The van der Waals surface area contributed by atoms with Crippen LogP contribution in [0.5, 0.6) is 11.5 Å². The van der Waals surface area contributed by atoms with E-state index in [0.29, 0.717) is 49.2 Å². The van der Waals surface area contributed by atoms with Crippen LogP contribution in [-0.4, -0.2) is 66.3 Å². The van der Waals surface area contributed by atoms with Gasteiger partial charge in [0, 0.05) is 38.6 Å². The number of anilines is 1. The molecule has 9 heteroatoms. The average molecular weight is 370 g/mol. The maximum absolute atomic E-state index is 12.3. The summed E-state index contributed by atoms with van der Waals surface area (Å²) in [4.78, 5) is 36.6. The number of carbonyl (C=O) groups is 2. The summed E-state index contributed by atoms with van der Waals surface area (Å²) in [5, 5.41) is 0. The van der Waals surface area contributed by atoms with Crippen LogP contribution in [0.15, 0.2) is 36.7 Å². The first-order valence-electron chi connectivity index (χ1n) is 8.57. The van der Waals surface area contributed by atoms with E-state index in [9.17, 15) is 9.59 Å². The third-order valence-corrected chi connectivity index (χ3v) is 4.40. The summed E-state index contributed by atoms with van der Waals surface area (Å²) in [6, 6.07) is 6.54. The number of nitrogens with zero attached hydrogens (tertiary/aromatic N) is 4. The molecule has 1 aromatic carbocycles. The van der Waals surface area contributed by atoms with Crippen LogP contribution in [0.25, 0.3) is 0 Å². The van der Waals surface area contributed by atoms with Crippen LogP contribution in [0, 0.1) is 0 Å². The van der Waals surface area contributed by atoms with Crippen molar-refractivity contribution in [3.63, 3.8) is 0 Å². The fourth-order valence-corrected chi connectivity index (χ4v) is 2.94. The number of esters is 1. The van der Waals surface area contributed by atoms with Crippen molar-refractivity contribution in [3.05, 3.63) is 42.2 Å². The molecule has 4 rings (SSSR count). The Hall–Kier alpha value is -3.36. The van der Waals surface area contributed by atoms with Crippen LogP contribution >= 0.6 is 0 Å². The van der Waals surface area contributed by atoms with E-state index < -0.39 is 5.97 Å². The van der Waals surface area contributed by atoms with Gasteiger partial charge in [-0.3, -0.25) is 4.79 Å². The predicted molar refractivity (Wildman–Crippen MR) is 93.7 cm³/mol. The minimum absolute atomic E-state index is 0.131. The van der Waals surface area contributed by atoms with E-state index in [1.165, 1.54) is 0 Å². The Morgan fingerprint density at radius 3 is 2.56 bits per heavy atom. The highest BCUT2D eigenvalue weighted by Gasteiger charge is 2.24. The number of ether oxygens (including phenoxy) is 3. The quantitative estimate of drug-likeness (QED) is 0.727. The van der Waals surface area contributed by atoms with E-state index in [2.05, 4.69) is 9.97 Å². The van der Waals surface area contributed by atoms with Gasteiger partial charge >= 0.3 is 5.97 Å². The Morgan fingerprint density at radius 2 is 1.78 bits per heavy atom. The highest BCUT2D eigenvalue weighted by atomic mass is 16.7. The van der Waals surface area contributed by atoms with Crippen molar-refractivity contribution < 1.29 is 23.8 Å². The molecule has 140 valence electrons. The Balaban J connectivity index is 1.27. The first kappa shape index (κ1) is 17.1. The third kappa shape index (κ3) is 3.76. The lowest BCUT2D eigenvalue weighted by molar-refractivity contribution is -0.134. The fourth-order valence-electron chi connectivity index (χ4n) is 2.94. The van der Waals surface area contributed by atoms with E-state index in [4.69, 9.17) is 14.2 Å². The topological polar surface area (TPSA) is 94.1 Å². The molecule has 0 saturated carbocycles. The normalized spacial score (nSPS) is 15.6. The highest BCUT2D eigenvalue weighted by molar-refractivity contribution is 5.92. The lowest BCUT2D eigenvalue weighted by Gasteiger charge is -2.34. The van der Waals surface area contributed by atoms with Crippen LogP contribution in [0.4, 0.5) is 5.95 Å². The van der Waals surface area contributed by atoms with Crippen molar-refractivity contribution >= 4 is 17.8 Å². The second-order valence-electron chi connectivity index (χ2n) is 6.06. The molecular formula is C18H18N4O5. The molecule has 3 heterocycles. The lowest BCUT2D eigenvalue weighted by Crippen LogP contribution is -2.50. The van der Waals surface area contributed by atoms with Gasteiger partial charge in [-0.05, 0) is 24.3 Å². The number of hydrogen-bond acceptors (Lipinski definition) is 8. The van der Waals surface area contributed by atoms with Crippen molar-refractivity contribution in [2.45, 2.75) is 0 Å². The van der Waals surface area contributed by atoms with Gasteiger partial charge in [0.1, 0.15) is 0 Å². The molecule has 1 amide bonds. The number of aromatic nitrogens is 2. The maximum Gasteiger partial charge on any atom is 0.338 e. The van der Waals surface area contributed by atoms with Gasteiger partial charge < -0.3 is 24.0 Å². The second kappa shape index (κ2) is 7.48. The summed E-state index contributed by atoms with van der Waals surface area (Å²) in [6.07, 6.45) is 3.38. The van der Waals surface area contributed by atoms with E-state index in [1.54, 1.807) is 41.6 Å². The van der Waals surface area contributed by atoms with E-state index in [-0.39, 0.29) is 19.3 Å². The van der Waals surface area contributed by atoms with Gasteiger partial charge in [-0.1, -0.05) is 0 Å². The summed E-state index contributed by atoms with van der Waals surface area (Å²) >= 11 is 0. The molecule has 2 aromatic rings. The Kier molecular flexibility index (Phi) is 4.73. The molecule has 27 heavy (non-hydrogen) atoms. The molecule has 1 saturated heterocycles. The van der Waals surface area contributed by atoms with Crippen LogP contribution in [0.3, 0.4) is 0 Å². The maximum atomic E-state index is 12.3. The van der Waals surface area contributed by atoms with E-state index in [0.717, 1.165) is 0 Å². The SMILES string of the molecule is O=C(OCC(=O)N1CCN(c2ncccn2)CC1)c1ccc2c(c1)OCO2. The van der Waals surface area contributed by atoms with Crippen LogP contribution < -0.4 is 14.4 Å². The number of amides is 1. The smallest absolute Gasteiger partial charge is 0.338 e. The molecule has 0 N–H and O–H groups in total. The largest absolute Gasteiger partial charge is 0.454 e. The molecule has 2 aliphatic heterocycles. The zero-order valence-electron chi connectivity index (χ0n) is 14.5. The van der Waals surface area contributed by atoms with Crippen molar-refractivity contribution in [1.29, 1.82) is 0 Å². The van der Waals surface area contributed by atoms with Crippen molar-refractivity contribution in [3.8, 4) is 11.5 Å². The highest BCUT2D eigenvalue weighted by Crippen LogP contribution is 2.32. The van der Waals surface area contributed by atoms with Crippen LogP contribution in [0.1, 0.15) is 10.4 Å². The Labute approximate surface area is 155 Å². The van der Waals surface area contributed by atoms with Gasteiger partial charge in [0.2, 0.25) is 12.7 Å². The summed E-state index contributed by atoms with van der Waals surface area (Å²) in [5.74, 6) is 0.937. The van der Waals surface area contributed by atoms with E-state index in [1.807, 2.05) is 4.90 Å². The number of piperazine rings is 1. The molecule has 0 unspecified atom stereocenters.